The number of para-hydroxylation sites is 1. The highest BCUT2D eigenvalue weighted by Gasteiger charge is 2.26. The predicted octanol–water partition coefficient (Wildman–Crippen LogP) is 1.58. The molecule has 1 amide bonds. The van der Waals surface area contributed by atoms with Gasteiger partial charge in [-0.3, -0.25) is 4.79 Å². The molecule has 0 bridgehead atoms. The third-order valence-corrected chi connectivity index (χ3v) is 3.35. The minimum absolute atomic E-state index is 0.0363. The first kappa shape index (κ1) is 13.8. The van der Waals surface area contributed by atoms with Crippen LogP contribution in [0.15, 0.2) is 24.3 Å². The van der Waals surface area contributed by atoms with Gasteiger partial charge in [0, 0.05) is 6.54 Å². The average Bonchev–Trinajstić information content (AvgIpc) is 2.46. The molecular formula is C14H18FNO3. The van der Waals surface area contributed by atoms with Crippen molar-refractivity contribution in [1.29, 1.82) is 0 Å². The van der Waals surface area contributed by atoms with E-state index in [9.17, 15) is 14.3 Å². The highest BCUT2D eigenvalue weighted by molar-refractivity contribution is 5.78. The molecule has 1 fully saturated rings. The van der Waals surface area contributed by atoms with E-state index in [0.717, 1.165) is 19.3 Å². The Balaban J connectivity index is 1.92. The maximum absolute atomic E-state index is 13.3. The minimum atomic E-state index is -0.479. The number of halogens is 1. The van der Waals surface area contributed by atoms with Gasteiger partial charge in [0.2, 0.25) is 0 Å². The Morgan fingerprint density at radius 3 is 2.95 bits per heavy atom. The summed E-state index contributed by atoms with van der Waals surface area (Å²) in [7, 11) is 0. The van der Waals surface area contributed by atoms with Crippen LogP contribution in [0.25, 0.3) is 0 Å². The molecule has 4 nitrogen and oxygen atoms in total. The molecule has 5 heteroatoms. The van der Waals surface area contributed by atoms with Crippen LogP contribution in [0.1, 0.15) is 19.3 Å². The van der Waals surface area contributed by atoms with Gasteiger partial charge in [-0.25, -0.2) is 4.39 Å². The summed E-state index contributed by atoms with van der Waals surface area (Å²) in [5.41, 5.74) is 0. The van der Waals surface area contributed by atoms with E-state index in [0.29, 0.717) is 6.54 Å². The van der Waals surface area contributed by atoms with Gasteiger partial charge in [-0.15, -0.1) is 0 Å². The summed E-state index contributed by atoms with van der Waals surface area (Å²) in [6.45, 7) is 0.396. The summed E-state index contributed by atoms with van der Waals surface area (Å²) in [5.74, 6) is -0.608. The molecular weight excluding hydrogens is 249 g/mol. The summed E-state index contributed by atoms with van der Waals surface area (Å²) >= 11 is 0. The molecule has 0 aromatic heterocycles. The standard InChI is InChI=1S/C14H18FNO3/c15-12-6-1-2-7-13(12)19-10-14(18)16-8-4-3-5-11(16)9-17/h1-2,6-7,11,17H,3-5,8-10H2. The number of aliphatic hydroxyl groups excluding tert-OH is 1. The quantitative estimate of drug-likeness (QED) is 0.901. The first-order chi connectivity index (χ1) is 9.22. The van der Waals surface area contributed by atoms with Gasteiger partial charge >= 0.3 is 0 Å². The Bertz CT molecular complexity index is 438. The lowest BCUT2D eigenvalue weighted by Gasteiger charge is -2.34. The van der Waals surface area contributed by atoms with Crippen molar-refractivity contribution in [1.82, 2.24) is 4.90 Å². The fourth-order valence-corrected chi connectivity index (χ4v) is 2.30. The van der Waals surface area contributed by atoms with Gasteiger partial charge in [-0.2, -0.15) is 0 Å². The molecule has 0 aliphatic carbocycles. The Morgan fingerprint density at radius 2 is 2.21 bits per heavy atom. The largest absolute Gasteiger partial charge is 0.481 e. The highest BCUT2D eigenvalue weighted by Crippen LogP contribution is 2.18. The molecule has 2 rings (SSSR count). The highest BCUT2D eigenvalue weighted by atomic mass is 19.1. The van der Waals surface area contributed by atoms with Gasteiger partial charge < -0.3 is 14.7 Å². The van der Waals surface area contributed by atoms with Gasteiger partial charge in [0.15, 0.2) is 18.2 Å². The molecule has 1 heterocycles. The first-order valence-electron chi connectivity index (χ1n) is 6.50. The smallest absolute Gasteiger partial charge is 0.260 e. The number of ether oxygens (including phenoxy) is 1. The van der Waals surface area contributed by atoms with E-state index in [1.54, 1.807) is 17.0 Å². The summed E-state index contributed by atoms with van der Waals surface area (Å²) in [6.07, 6.45) is 2.76. The number of carbonyl (C=O) groups is 1. The van der Waals surface area contributed by atoms with Crippen LogP contribution in [0.4, 0.5) is 4.39 Å². The van der Waals surface area contributed by atoms with E-state index in [1.807, 2.05) is 0 Å². The third kappa shape index (κ3) is 3.44. The second kappa shape index (κ2) is 6.52. The van der Waals surface area contributed by atoms with Gasteiger partial charge in [0.05, 0.1) is 12.6 Å². The lowest BCUT2D eigenvalue weighted by Crippen LogP contribution is -2.47. The van der Waals surface area contributed by atoms with Crippen molar-refractivity contribution in [3.05, 3.63) is 30.1 Å². The van der Waals surface area contributed by atoms with Crippen LogP contribution >= 0.6 is 0 Å². The summed E-state index contributed by atoms with van der Waals surface area (Å²) in [5, 5.41) is 9.24. The fraction of sp³-hybridized carbons (Fsp3) is 0.500. The van der Waals surface area contributed by atoms with Crippen molar-refractivity contribution in [3.63, 3.8) is 0 Å². The van der Waals surface area contributed by atoms with Crippen molar-refractivity contribution < 1.29 is 19.0 Å². The normalized spacial score (nSPS) is 19.3. The first-order valence-corrected chi connectivity index (χ1v) is 6.50. The maximum atomic E-state index is 13.3. The summed E-state index contributed by atoms with van der Waals surface area (Å²) < 4.78 is 18.5. The zero-order valence-electron chi connectivity index (χ0n) is 10.7. The van der Waals surface area contributed by atoms with Crippen LogP contribution in [0, 0.1) is 5.82 Å². The Kier molecular flexibility index (Phi) is 4.74. The lowest BCUT2D eigenvalue weighted by atomic mass is 10.0. The van der Waals surface area contributed by atoms with Crippen molar-refractivity contribution in [2.45, 2.75) is 25.3 Å². The molecule has 1 aromatic rings. The molecule has 1 unspecified atom stereocenters. The number of likely N-dealkylation sites (tertiary alicyclic amines) is 1. The molecule has 1 N–H and O–H groups in total. The van der Waals surface area contributed by atoms with Crippen LogP contribution in [-0.4, -0.2) is 41.7 Å². The van der Waals surface area contributed by atoms with Crippen molar-refractivity contribution in [2.75, 3.05) is 19.8 Å². The SMILES string of the molecule is O=C(COc1ccccc1F)N1CCCCC1CO. The maximum Gasteiger partial charge on any atom is 0.260 e. The van der Waals surface area contributed by atoms with E-state index in [2.05, 4.69) is 0 Å². The monoisotopic (exact) mass is 267 g/mol. The number of hydrogen-bond donors (Lipinski definition) is 1. The van der Waals surface area contributed by atoms with Crippen LogP contribution < -0.4 is 4.74 Å². The van der Waals surface area contributed by atoms with E-state index >= 15 is 0 Å². The van der Waals surface area contributed by atoms with Crippen LogP contribution in [0.3, 0.4) is 0 Å². The van der Waals surface area contributed by atoms with Crippen LogP contribution in [0.5, 0.6) is 5.75 Å². The Morgan fingerprint density at radius 1 is 1.42 bits per heavy atom. The average molecular weight is 267 g/mol. The third-order valence-electron chi connectivity index (χ3n) is 3.35. The number of aliphatic hydroxyl groups is 1. The van der Waals surface area contributed by atoms with E-state index < -0.39 is 5.82 Å². The number of benzene rings is 1. The predicted molar refractivity (Wildman–Crippen MR) is 68.3 cm³/mol. The second-order valence-corrected chi connectivity index (χ2v) is 4.64. The molecule has 1 aliphatic heterocycles. The van der Waals surface area contributed by atoms with Crippen molar-refractivity contribution in [2.24, 2.45) is 0 Å². The molecule has 1 aromatic carbocycles. The van der Waals surface area contributed by atoms with Gasteiger partial charge in [0.1, 0.15) is 0 Å². The molecule has 1 atom stereocenters. The number of nitrogens with zero attached hydrogens (tertiary/aromatic N) is 1. The molecule has 1 saturated heterocycles. The Labute approximate surface area is 111 Å². The van der Waals surface area contributed by atoms with Crippen molar-refractivity contribution >= 4 is 5.91 Å². The van der Waals surface area contributed by atoms with Gasteiger partial charge in [-0.05, 0) is 31.4 Å². The minimum Gasteiger partial charge on any atom is -0.481 e. The van der Waals surface area contributed by atoms with Crippen LogP contribution in [-0.2, 0) is 4.79 Å². The summed E-state index contributed by atoms with van der Waals surface area (Å²) in [6, 6.07) is 5.86. The van der Waals surface area contributed by atoms with E-state index in [1.165, 1.54) is 12.1 Å². The molecule has 0 radical (unpaired) electrons. The topological polar surface area (TPSA) is 49.8 Å². The van der Waals surface area contributed by atoms with Crippen molar-refractivity contribution in [3.8, 4) is 5.75 Å². The lowest BCUT2D eigenvalue weighted by molar-refractivity contribution is -0.138. The number of hydrogen-bond acceptors (Lipinski definition) is 3. The molecule has 19 heavy (non-hydrogen) atoms. The summed E-state index contributed by atoms with van der Waals surface area (Å²) in [4.78, 5) is 13.6. The number of amides is 1. The van der Waals surface area contributed by atoms with E-state index in [4.69, 9.17) is 4.74 Å². The van der Waals surface area contributed by atoms with Gasteiger partial charge in [-0.1, -0.05) is 12.1 Å². The van der Waals surface area contributed by atoms with Gasteiger partial charge in [0.25, 0.3) is 5.91 Å². The molecule has 0 saturated carbocycles. The fourth-order valence-electron chi connectivity index (χ4n) is 2.30. The Hall–Kier alpha value is -1.62. The number of piperidine rings is 1. The molecule has 1 aliphatic rings. The van der Waals surface area contributed by atoms with E-state index in [-0.39, 0.29) is 30.9 Å². The molecule has 0 spiro atoms. The molecule has 104 valence electrons. The van der Waals surface area contributed by atoms with Crippen LogP contribution in [0.2, 0.25) is 0 Å². The second-order valence-electron chi connectivity index (χ2n) is 4.64. The number of carbonyl (C=O) groups excluding carboxylic acids is 1. The number of rotatable bonds is 4. The zero-order valence-corrected chi connectivity index (χ0v) is 10.7. The zero-order chi connectivity index (χ0) is 13.7.